The minimum absolute atomic E-state index is 0.244. The zero-order valence-corrected chi connectivity index (χ0v) is 16.7. The lowest BCUT2D eigenvalue weighted by atomic mass is 10.2. The third kappa shape index (κ3) is 4.84. The van der Waals surface area contributed by atoms with Crippen LogP contribution in [0.4, 0.5) is 21.6 Å². The highest BCUT2D eigenvalue weighted by molar-refractivity contribution is 6.05. The Morgan fingerprint density at radius 1 is 0.968 bits per heavy atom. The molecule has 0 fully saturated rings. The fraction of sp³-hybridized carbons (Fsp3) is 0.0417. The SMILES string of the molecule is COc1ccccc1NC(=O)c1ccc(Nc2ccnc(-c3cccc(F)c3)n2)cc1. The van der Waals surface area contributed by atoms with E-state index in [1.165, 1.54) is 12.1 Å². The van der Waals surface area contributed by atoms with E-state index in [1.54, 1.807) is 67.9 Å². The van der Waals surface area contributed by atoms with Crippen LogP contribution < -0.4 is 15.4 Å². The summed E-state index contributed by atoms with van der Waals surface area (Å²) in [5.41, 5.74) is 2.44. The fourth-order valence-electron chi connectivity index (χ4n) is 2.99. The molecule has 0 radical (unpaired) electrons. The summed E-state index contributed by atoms with van der Waals surface area (Å²) in [7, 11) is 1.55. The van der Waals surface area contributed by atoms with E-state index in [0.29, 0.717) is 34.2 Å². The molecular weight excluding hydrogens is 395 g/mol. The number of rotatable bonds is 6. The number of anilines is 3. The van der Waals surface area contributed by atoms with Crippen molar-refractivity contribution in [2.75, 3.05) is 17.7 Å². The topological polar surface area (TPSA) is 76.1 Å². The molecule has 0 atom stereocenters. The Bertz CT molecular complexity index is 1210. The molecule has 0 saturated carbocycles. The number of carbonyl (C=O) groups is 1. The Morgan fingerprint density at radius 3 is 2.55 bits per heavy atom. The Labute approximate surface area is 178 Å². The lowest BCUT2D eigenvalue weighted by Gasteiger charge is -2.11. The van der Waals surface area contributed by atoms with Gasteiger partial charge in [0.2, 0.25) is 0 Å². The Balaban J connectivity index is 1.46. The zero-order chi connectivity index (χ0) is 21.6. The number of halogens is 1. The van der Waals surface area contributed by atoms with Crippen LogP contribution in [0.25, 0.3) is 11.4 Å². The number of nitrogens with one attached hydrogen (secondary N) is 2. The van der Waals surface area contributed by atoms with Gasteiger partial charge in [0, 0.05) is 23.0 Å². The number of aromatic nitrogens is 2. The predicted octanol–water partition coefficient (Wildman–Crippen LogP) is 5.29. The quantitative estimate of drug-likeness (QED) is 0.449. The van der Waals surface area contributed by atoms with Crippen molar-refractivity contribution in [3.63, 3.8) is 0 Å². The molecule has 0 unspecified atom stereocenters. The lowest BCUT2D eigenvalue weighted by molar-refractivity contribution is 0.102. The first-order valence-electron chi connectivity index (χ1n) is 9.53. The first kappa shape index (κ1) is 20.0. The largest absolute Gasteiger partial charge is 0.495 e. The minimum atomic E-state index is -0.346. The summed E-state index contributed by atoms with van der Waals surface area (Å²) in [6, 6.07) is 22.0. The van der Waals surface area contributed by atoms with Gasteiger partial charge in [-0.25, -0.2) is 14.4 Å². The molecule has 1 heterocycles. The molecule has 31 heavy (non-hydrogen) atoms. The van der Waals surface area contributed by atoms with Gasteiger partial charge in [-0.3, -0.25) is 4.79 Å². The maximum Gasteiger partial charge on any atom is 0.255 e. The maximum atomic E-state index is 13.5. The molecule has 0 aliphatic carbocycles. The van der Waals surface area contributed by atoms with Gasteiger partial charge in [0.15, 0.2) is 5.82 Å². The number of methoxy groups -OCH3 is 1. The number of hydrogen-bond donors (Lipinski definition) is 2. The zero-order valence-electron chi connectivity index (χ0n) is 16.7. The highest BCUT2D eigenvalue weighted by Crippen LogP contribution is 2.24. The lowest BCUT2D eigenvalue weighted by Crippen LogP contribution is -2.12. The second kappa shape index (κ2) is 9.04. The standard InChI is InChI=1S/C24H19FN4O2/c1-31-21-8-3-2-7-20(21)28-24(30)16-9-11-19(12-10-16)27-22-13-14-26-23(29-22)17-5-4-6-18(25)15-17/h2-15H,1H3,(H,28,30)(H,26,27,29). The van der Waals surface area contributed by atoms with Gasteiger partial charge in [-0.05, 0) is 54.6 Å². The van der Waals surface area contributed by atoms with Crippen LogP contribution in [0.15, 0.2) is 85.1 Å². The molecule has 0 aliphatic heterocycles. The van der Waals surface area contributed by atoms with Crippen molar-refractivity contribution in [1.82, 2.24) is 9.97 Å². The monoisotopic (exact) mass is 414 g/mol. The number of hydrogen-bond acceptors (Lipinski definition) is 5. The number of para-hydroxylation sites is 2. The van der Waals surface area contributed by atoms with Crippen LogP contribution in [0.3, 0.4) is 0 Å². The molecule has 4 aromatic rings. The summed E-state index contributed by atoms with van der Waals surface area (Å²) in [6.07, 6.45) is 1.60. The second-order valence-electron chi connectivity index (χ2n) is 6.63. The number of benzene rings is 3. The summed E-state index contributed by atoms with van der Waals surface area (Å²) < 4.78 is 18.7. The Kier molecular flexibility index (Phi) is 5.84. The van der Waals surface area contributed by atoms with Crippen LogP contribution in [-0.4, -0.2) is 23.0 Å². The average Bonchev–Trinajstić information content (AvgIpc) is 2.80. The molecule has 3 aromatic carbocycles. The molecule has 4 rings (SSSR count). The van der Waals surface area contributed by atoms with Crippen LogP contribution >= 0.6 is 0 Å². The van der Waals surface area contributed by atoms with E-state index >= 15 is 0 Å². The van der Waals surface area contributed by atoms with Gasteiger partial charge in [-0.15, -0.1) is 0 Å². The van der Waals surface area contributed by atoms with Crippen molar-refractivity contribution in [2.45, 2.75) is 0 Å². The number of carbonyl (C=O) groups excluding carboxylic acids is 1. The molecule has 1 aromatic heterocycles. The van der Waals surface area contributed by atoms with Gasteiger partial charge in [0.05, 0.1) is 12.8 Å². The highest BCUT2D eigenvalue weighted by Gasteiger charge is 2.10. The van der Waals surface area contributed by atoms with Crippen LogP contribution in [-0.2, 0) is 0 Å². The number of amides is 1. The van der Waals surface area contributed by atoms with E-state index in [-0.39, 0.29) is 11.7 Å². The normalized spacial score (nSPS) is 10.4. The van der Waals surface area contributed by atoms with E-state index in [4.69, 9.17) is 4.74 Å². The molecule has 0 saturated heterocycles. The van der Waals surface area contributed by atoms with Crippen LogP contribution in [0, 0.1) is 5.82 Å². The molecule has 7 heteroatoms. The van der Waals surface area contributed by atoms with E-state index in [2.05, 4.69) is 20.6 Å². The summed E-state index contributed by atoms with van der Waals surface area (Å²) in [6.45, 7) is 0. The third-order valence-corrected chi connectivity index (χ3v) is 4.51. The van der Waals surface area contributed by atoms with E-state index in [9.17, 15) is 9.18 Å². The van der Waals surface area contributed by atoms with Gasteiger partial charge in [-0.2, -0.15) is 0 Å². The summed E-state index contributed by atoms with van der Waals surface area (Å²) in [4.78, 5) is 21.2. The summed E-state index contributed by atoms with van der Waals surface area (Å²) in [5.74, 6) is 0.970. The van der Waals surface area contributed by atoms with Crippen molar-refractivity contribution in [3.05, 3.63) is 96.4 Å². The summed E-state index contributed by atoms with van der Waals surface area (Å²) >= 11 is 0. The first-order valence-corrected chi connectivity index (χ1v) is 9.53. The fourth-order valence-corrected chi connectivity index (χ4v) is 2.99. The van der Waals surface area contributed by atoms with Crippen molar-refractivity contribution in [2.24, 2.45) is 0 Å². The second-order valence-corrected chi connectivity index (χ2v) is 6.63. The van der Waals surface area contributed by atoms with E-state index < -0.39 is 0 Å². The van der Waals surface area contributed by atoms with Crippen molar-refractivity contribution in [3.8, 4) is 17.1 Å². The maximum absolute atomic E-state index is 13.5. The molecular formula is C24H19FN4O2. The van der Waals surface area contributed by atoms with E-state index in [0.717, 1.165) is 5.69 Å². The third-order valence-electron chi connectivity index (χ3n) is 4.51. The van der Waals surface area contributed by atoms with Crippen LogP contribution in [0.1, 0.15) is 10.4 Å². The molecule has 1 amide bonds. The number of ether oxygens (including phenoxy) is 1. The molecule has 0 aliphatic rings. The summed E-state index contributed by atoms with van der Waals surface area (Å²) in [5, 5.41) is 6.01. The predicted molar refractivity (Wildman–Crippen MR) is 118 cm³/mol. The first-order chi connectivity index (χ1) is 15.1. The van der Waals surface area contributed by atoms with Crippen LogP contribution in [0.2, 0.25) is 0 Å². The van der Waals surface area contributed by atoms with E-state index in [1.807, 2.05) is 12.1 Å². The smallest absolute Gasteiger partial charge is 0.255 e. The molecule has 0 bridgehead atoms. The van der Waals surface area contributed by atoms with Gasteiger partial charge in [0.25, 0.3) is 5.91 Å². The molecule has 6 nitrogen and oxygen atoms in total. The van der Waals surface area contributed by atoms with Gasteiger partial charge < -0.3 is 15.4 Å². The van der Waals surface area contributed by atoms with Crippen molar-refractivity contribution < 1.29 is 13.9 Å². The molecule has 2 N–H and O–H groups in total. The minimum Gasteiger partial charge on any atom is -0.495 e. The molecule has 0 spiro atoms. The Hall–Kier alpha value is -4.26. The number of nitrogens with zero attached hydrogens (tertiary/aromatic N) is 2. The van der Waals surface area contributed by atoms with Gasteiger partial charge in [-0.1, -0.05) is 24.3 Å². The Morgan fingerprint density at radius 2 is 1.77 bits per heavy atom. The van der Waals surface area contributed by atoms with Gasteiger partial charge >= 0.3 is 0 Å². The molecule has 154 valence electrons. The van der Waals surface area contributed by atoms with Crippen molar-refractivity contribution >= 4 is 23.1 Å². The average molecular weight is 414 g/mol. The van der Waals surface area contributed by atoms with Crippen LogP contribution in [0.5, 0.6) is 5.75 Å². The highest BCUT2D eigenvalue weighted by atomic mass is 19.1. The van der Waals surface area contributed by atoms with Crippen molar-refractivity contribution in [1.29, 1.82) is 0 Å². The van der Waals surface area contributed by atoms with Gasteiger partial charge in [0.1, 0.15) is 17.4 Å².